The molecular formula is C34H36N2O6S2. The molecule has 1 aliphatic rings. The van der Waals surface area contributed by atoms with E-state index in [-0.39, 0.29) is 22.9 Å². The number of ether oxygens (including phenoxy) is 2. The minimum atomic E-state index is -1.14. The van der Waals surface area contributed by atoms with Gasteiger partial charge in [0.25, 0.3) is 11.8 Å². The number of hydrogen-bond donors (Lipinski definition) is 1. The standard InChI is InChI=1S/C34H36N2O6S2/c1-4-17-35(23(3)5-2)32(39)27-14-10-9-13-26(27)22-42-29-18-25(15-16-28(29)41-21-24-11-7-6-8-12-24)19-30-33(40)36(20-31(37)38)34(43)44-30/h6-16,18-19,23H,4-5,17,20-22H2,1-3H3,(H,37,38). The number of thioether (sulfide) groups is 1. The van der Waals surface area contributed by atoms with E-state index in [2.05, 4.69) is 20.8 Å². The maximum atomic E-state index is 13.6. The van der Waals surface area contributed by atoms with E-state index in [1.54, 1.807) is 24.3 Å². The van der Waals surface area contributed by atoms with E-state index >= 15 is 0 Å². The summed E-state index contributed by atoms with van der Waals surface area (Å²) in [7, 11) is 0. The predicted molar refractivity (Wildman–Crippen MR) is 177 cm³/mol. The van der Waals surface area contributed by atoms with Crippen LogP contribution in [0.4, 0.5) is 0 Å². The summed E-state index contributed by atoms with van der Waals surface area (Å²) in [4.78, 5) is 41.0. The first-order valence-corrected chi connectivity index (χ1v) is 15.7. The summed E-state index contributed by atoms with van der Waals surface area (Å²) >= 11 is 6.29. The van der Waals surface area contributed by atoms with Crippen molar-refractivity contribution in [3.63, 3.8) is 0 Å². The van der Waals surface area contributed by atoms with Crippen LogP contribution in [0.3, 0.4) is 0 Å². The molecule has 0 aromatic heterocycles. The van der Waals surface area contributed by atoms with Gasteiger partial charge in [0.1, 0.15) is 24.1 Å². The van der Waals surface area contributed by atoms with E-state index in [4.69, 9.17) is 26.8 Å². The molecule has 0 saturated carbocycles. The number of rotatable bonds is 14. The molecule has 4 rings (SSSR count). The van der Waals surface area contributed by atoms with E-state index in [0.717, 1.165) is 40.6 Å². The van der Waals surface area contributed by atoms with Crippen LogP contribution in [0.5, 0.6) is 11.5 Å². The van der Waals surface area contributed by atoms with Crippen LogP contribution in [-0.2, 0) is 22.8 Å². The smallest absolute Gasteiger partial charge is 0.323 e. The van der Waals surface area contributed by atoms with Gasteiger partial charge in [0.05, 0.1) is 4.91 Å². The second-order valence-electron chi connectivity index (χ2n) is 10.3. The molecule has 3 aromatic rings. The zero-order valence-electron chi connectivity index (χ0n) is 25.0. The van der Waals surface area contributed by atoms with Gasteiger partial charge in [0.2, 0.25) is 0 Å². The van der Waals surface area contributed by atoms with Gasteiger partial charge in [0.15, 0.2) is 11.5 Å². The molecule has 1 N–H and O–H groups in total. The van der Waals surface area contributed by atoms with Crippen molar-refractivity contribution in [2.24, 2.45) is 0 Å². The van der Waals surface area contributed by atoms with E-state index < -0.39 is 18.4 Å². The number of hydrogen-bond acceptors (Lipinski definition) is 7. The van der Waals surface area contributed by atoms with Crippen LogP contribution in [-0.4, -0.2) is 56.1 Å². The topological polar surface area (TPSA) is 96.4 Å². The Labute approximate surface area is 267 Å². The molecule has 1 heterocycles. The molecule has 0 aliphatic carbocycles. The van der Waals surface area contributed by atoms with Crippen molar-refractivity contribution in [3.05, 3.63) is 100.0 Å². The minimum absolute atomic E-state index is 0.0295. The molecule has 1 atom stereocenters. The lowest BCUT2D eigenvalue weighted by atomic mass is 10.0. The zero-order valence-corrected chi connectivity index (χ0v) is 26.7. The predicted octanol–water partition coefficient (Wildman–Crippen LogP) is 6.78. The Balaban J connectivity index is 1.62. The van der Waals surface area contributed by atoms with Crippen LogP contribution in [0.15, 0.2) is 77.7 Å². The fraction of sp³-hybridized carbons (Fsp3) is 0.294. The molecule has 2 amide bonds. The summed E-state index contributed by atoms with van der Waals surface area (Å²) in [5.74, 6) is -0.692. The van der Waals surface area contributed by atoms with Crippen molar-refractivity contribution in [2.75, 3.05) is 13.1 Å². The third kappa shape index (κ3) is 8.27. The van der Waals surface area contributed by atoms with Crippen LogP contribution < -0.4 is 9.47 Å². The number of carboxylic acid groups (broad SMARTS) is 1. The van der Waals surface area contributed by atoms with Gasteiger partial charge in [-0.15, -0.1) is 0 Å². The molecule has 1 aliphatic heterocycles. The van der Waals surface area contributed by atoms with Crippen molar-refractivity contribution >= 4 is 52.2 Å². The van der Waals surface area contributed by atoms with Gasteiger partial charge in [0, 0.05) is 23.7 Å². The number of carbonyl (C=O) groups is 3. The number of carbonyl (C=O) groups excluding carboxylic acids is 2. The minimum Gasteiger partial charge on any atom is -0.485 e. The fourth-order valence-electron chi connectivity index (χ4n) is 4.65. The lowest BCUT2D eigenvalue weighted by Crippen LogP contribution is -2.39. The second kappa shape index (κ2) is 15.5. The number of nitrogens with zero attached hydrogens (tertiary/aromatic N) is 2. The lowest BCUT2D eigenvalue weighted by Gasteiger charge is -2.29. The van der Waals surface area contributed by atoms with Gasteiger partial charge >= 0.3 is 5.97 Å². The molecule has 44 heavy (non-hydrogen) atoms. The highest BCUT2D eigenvalue weighted by Crippen LogP contribution is 2.35. The van der Waals surface area contributed by atoms with E-state index in [0.29, 0.717) is 40.7 Å². The molecule has 1 fully saturated rings. The molecule has 1 saturated heterocycles. The third-order valence-electron chi connectivity index (χ3n) is 7.15. The molecule has 230 valence electrons. The van der Waals surface area contributed by atoms with Crippen LogP contribution in [0, 0.1) is 0 Å². The summed E-state index contributed by atoms with van der Waals surface area (Å²) in [5, 5.41) is 9.15. The highest BCUT2D eigenvalue weighted by molar-refractivity contribution is 8.26. The highest BCUT2D eigenvalue weighted by Gasteiger charge is 2.33. The monoisotopic (exact) mass is 632 g/mol. The molecule has 0 spiro atoms. The van der Waals surface area contributed by atoms with Crippen LogP contribution in [0.2, 0.25) is 0 Å². The molecule has 1 unspecified atom stereocenters. The number of benzene rings is 3. The largest absolute Gasteiger partial charge is 0.485 e. The first-order chi connectivity index (χ1) is 21.2. The van der Waals surface area contributed by atoms with E-state index in [1.165, 1.54) is 0 Å². The van der Waals surface area contributed by atoms with Crippen molar-refractivity contribution in [1.29, 1.82) is 0 Å². The van der Waals surface area contributed by atoms with Gasteiger partial charge in [-0.3, -0.25) is 19.3 Å². The number of carboxylic acids is 1. The number of amides is 2. The average Bonchev–Trinajstić information content (AvgIpc) is 3.28. The van der Waals surface area contributed by atoms with Crippen LogP contribution >= 0.6 is 24.0 Å². The molecular weight excluding hydrogens is 597 g/mol. The van der Waals surface area contributed by atoms with Gasteiger partial charge in [-0.05, 0) is 55.2 Å². The number of aliphatic carboxylic acids is 1. The molecule has 0 bridgehead atoms. The Hall–Kier alpha value is -4.15. The third-order valence-corrected chi connectivity index (χ3v) is 8.53. The molecule has 3 aromatic carbocycles. The van der Waals surface area contributed by atoms with Crippen molar-refractivity contribution in [1.82, 2.24) is 9.80 Å². The van der Waals surface area contributed by atoms with Gasteiger partial charge < -0.3 is 19.5 Å². The Morgan fingerprint density at radius 1 is 1.00 bits per heavy atom. The first kappa shape index (κ1) is 32.8. The summed E-state index contributed by atoms with van der Waals surface area (Å²) in [6.07, 6.45) is 3.37. The molecule has 0 radical (unpaired) electrons. The average molecular weight is 633 g/mol. The zero-order chi connectivity index (χ0) is 31.6. The SMILES string of the molecule is CCCN(C(=O)c1ccccc1COc1cc(C=C2SC(=S)N(CC(=O)O)C2=O)ccc1OCc1ccccc1)C(C)CC. The van der Waals surface area contributed by atoms with Gasteiger partial charge in [-0.25, -0.2) is 0 Å². The van der Waals surface area contributed by atoms with Gasteiger partial charge in [-0.2, -0.15) is 0 Å². The maximum Gasteiger partial charge on any atom is 0.323 e. The van der Waals surface area contributed by atoms with Crippen LogP contribution in [0.25, 0.3) is 6.08 Å². The molecule has 8 nitrogen and oxygen atoms in total. The van der Waals surface area contributed by atoms with Crippen molar-refractivity contribution < 1.29 is 29.0 Å². The Morgan fingerprint density at radius 3 is 2.41 bits per heavy atom. The Morgan fingerprint density at radius 2 is 1.70 bits per heavy atom. The first-order valence-electron chi connectivity index (χ1n) is 14.5. The summed E-state index contributed by atoms with van der Waals surface area (Å²) < 4.78 is 12.7. The Bertz CT molecular complexity index is 1540. The van der Waals surface area contributed by atoms with Crippen molar-refractivity contribution in [2.45, 2.75) is 52.9 Å². The van der Waals surface area contributed by atoms with Gasteiger partial charge in [-0.1, -0.05) is 92.4 Å². The number of thiocarbonyl (C=S) groups is 1. The molecule has 10 heteroatoms. The highest BCUT2D eigenvalue weighted by atomic mass is 32.2. The summed E-state index contributed by atoms with van der Waals surface area (Å²) in [6.45, 7) is 6.81. The van der Waals surface area contributed by atoms with Crippen LogP contribution in [0.1, 0.15) is 60.7 Å². The van der Waals surface area contributed by atoms with E-state index in [9.17, 15) is 14.4 Å². The Kier molecular flexibility index (Phi) is 11.6. The summed E-state index contributed by atoms with van der Waals surface area (Å²) in [5.41, 5.74) is 2.97. The normalized spacial score (nSPS) is 14.5. The maximum absolute atomic E-state index is 13.6. The quantitative estimate of drug-likeness (QED) is 0.154. The van der Waals surface area contributed by atoms with E-state index in [1.807, 2.05) is 59.5 Å². The van der Waals surface area contributed by atoms with Crippen molar-refractivity contribution in [3.8, 4) is 11.5 Å². The fourth-order valence-corrected chi connectivity index (χ4v) is 5.91. The second-order valence-corrected chi connectivity index (χ2v) is 12.0. The lowest BCUT2D eigenvalue weighted by molar-refractivity contribution is -0.140. The summed E-state index contributed by atoms with van der Waals surface area (Å²) in [6, 6.07) is 22.6.